The van der Waals surface area contributed by atoms with Gasteiger partial charge in [0.05, 0.1) is 5.69 Å². The third-order valence-corrected chi connectivity index (χ3v) is 5.57. The molecule has 0 N–H and O–H groups in total. The molecule has 1 aromatic heterocycles. The smallest absolute Gasteiger partial charge is 0.329 e. The van der Waals surface area contributed by atoms with E-state index >= 15 is 0 Å². The highest BCUT2D eigenvalue weighted by Gasteiger charge is 2.41. The number of fused-ring (bicyclic) bond motifs is 11. The summed E-state index contributed by atoms with van der Waals surface area (Å²) in [6, 6.07) is 28.4. The van der Waals surface area contributed by atoms with Gasteiger partial charge in [-0.15, -0.1) is 0 Å². The average Bonchev–Trinajstić information content (AvgIpc) is 2.73. The quantitative estimate of drug-likeness (QED) is 0.453. The maximum absolute atomic E-state index is 4.45. The molecule has 3 heterocycles. The van der Waals surface area contributed by atoms with Crippen molar-refractivity contribution in [3.63, 3.8) is 0 Å². The molecule has 0 radical (unpaired) electrons. The zero-order valence-electron chi connectivity index (χ0n) is 14.1. The van der Waals surface area contributed by atoms with Crippen molar-refractivity contribution in [2.45, 2.75) is 0 Å². The largest absolute Gasteiger partial charge is 0.375 e. The third-order valence-electron chi connectivity index (χ3n) is 5.57. The first-order valence-corrected chi connectivity index (χ1v) is 8.94. The summed E-state index contributed by atoms with van der Waals surface area (Å²) in [6.07, 6.45) is 3.89. The van der Waals surface area contributed by atoms with E-state index in [1.165, 1.54) is 44.6 Å². The van der Waals surface area contributed by atoms with E-state index in [9.17, 15) is 0 Å². The van der Waals surface area contributed by atoms with Crippen LogP contribution in [0.15, 0.2) is 91.3 Å². The van der Waals surface area contributed by atoms with Crippen LogP contribution < -0.4 is 15.7 Å². The summed E-state index contributed by atoms with van der Waals surface area (Å²) in [7, 11) is 0. The molecule has 0 atom stereocenters. The fraction of sp³-hybridized carbons (Fsp3) is 0. The molecule has 0 fully saturated rings. The Morgan fingerprint density at radius 1 is 0.577 bits per heavy atom. The van der Waals surface area contributed by atoms with E-state index in [1.807, 2.05) is 12.4 Å². The van der Waals surface area contributed by atoms with Gasteiger partial charge in [0, 0.05) is 29.2 Å². The van der Waals surface area contributed by atoms with Crippen LogP contribution in [0, 0.1) is 0 Å². The van der Waals surface area contributed by atoms with Crippen LogP contribution in [0.25, 0.3) is 22.3 Å². The lowest BCUT2D eigenvalue weighted by Crippen LogP contribution is -2.59. The Hall–Kier alpha value is -3.33. The molecule has 0 aliphatic carbocycles. The summed E-state index contributed by atoms with van der Waals surface area (Å²) >= 11 is 0. The molecule has 4 aromatic rings. The summed E-state index contributed by atoms with van der Waals surface area (Å²) in [5, 5.41) is 0. The van der Waals surface area contributed by atoms with Crippen LogP contribution >= 0.6 is 0 Å². The Balaban J connectivity index is 1.77. The number of hydrogen-bond donors (Lipinski definition) is 0. The molecule has 0 saturated heterocycles. The Morgan fingerprint density at radius 2 is 1.15 bits per heavy atom. The van der Waals surface area contributed by atoms with E-state index in [0.29, 0.717) is 0 Å². The average molecular weight is 330 g/mol. The molecule has 2 aliphatic heterocycles. The van der Waals surface area contributed by atoms with Crippen molar-refractivity contribution in [2.24, 2.45) is 0 Å². The van der Waals surface area contributed by atoms with Gasteiger partial charge in [-0.05, 0) is 34.2 Å². The van der Waals surface area contributed by atoms with Gasteiger partial charge in [-0.3, -0.25) is 4.98 Å². The Labute approximate surface area is 152 Å². The monoisotopic (exact) mass is 330 g/mol. The van der Waals surface area contributed by atoms with Crippen molar-refractivity contribution in [1.82, 2.24) is 4.98 Å². The summed E-state index contributed by atoms with van der Waals surface area (Å²) in [4.78, 5) is 6.91. The third kappa shape index (κ3) is 1.70. The highest BCUT2D eigenvalue weighted by molar-refractivity contribution is 6.92. The summed E-state index contributed by atoms with van der Waals surface area (Å²) in [5.41, 5.74) is 10.3. The fourth-order valence-corrected chi connectivity index (χ4v) is 4.53. The highest BCUT2D eigenvalue weighted by Crippen LogP contribution is 2.44. The molecule has 3 heteroatoms. The normalized spacial score (nSPS) is 13.2. The van der Waals surface area contributed by atoms with E-state index < -0.39 is 0 Å². The minimum atomic E-state index is 0.175. The van der Waals surface area contributed by atoms with Crippen molar-refractivity contribution in [1.29, 1.82) is 0 Å². The molecule has 0 bridgehead atoms. The van der Waals surface area contributed by atoms with Crippen molar-refractivity contribution in [3.8, 4) is 22.3 Å². The van der Waals surface area contributed by atoms with Crippen LogP contribution in [-0.4, -0.2) is 11.8 Å². The fourth-order valence-electron chi connectivity index (χ4n) is 4.53. The molecular formula is C23H15BN2. The zero-order chi connectivity index (χ0) is 17.1. The number of rotatable bonds is 0. The maximum atomic E-state index is 4.45. The van der Waals surface area contributed by atoms with Gasteiger partial charge in [-0.1, -0.05) is 66.7 Å². The van der Waals surface area contributed by atoms with Crippen molar-refractivity contribution in [3.05, 3.63) is 91.3 Å². The van der Waals surface area contributed by atoms with E-state index in [4.69, 9.17) is 0 Å². The number of hydrogen-bond acceptors (Lipinski definition) is 2. The van der Waals surface area contributed by atoms with Gasteiger partial charge in [-0.25, -0.2) is 0 Å². The Bertz CT molecular complexity index is 984. The second-order valence-corrected chi connectivity index (χ2v) is 6.86. The number of pyridine rings is 1. The first-order valence-electron chi connectivity index (χ1n) is 8.94. The molecule has 2 nitrogen and oxygen atoms in total. The number of para-hydroxylation sites is 1. The molecule has 2 aliphatic rings. The van der Waals surface area contributed by atoms with Crippen LogP contribution in [0.4, 0.5) is 11.4 Å². The second-order valence-electron chi connectivity index (χ2n) is 6.86. The van der Waals surface area contributed by atoms with Crippen LogP contribution in [0.2, 0.25) is 0 Å². The molecule has 0 spiro atoms. The van der Waals surface area contributed by atoms with E-state index in [-0.39, 0.29) is 6.85 Å². The van der Waals surface area contributed by atoms with Crippen molar-refractivity contribution < 1.29 is 0 Å². The lowest BCUT2D eigenvalue weighted by Gasteiger charge is -2.43. The minimum Gasteiger partial charge on any atom is -0.375 e. The van der Waals surface area contributed by atoms with Crippen molar-refractivity contribution in [2.75, 3.05) is 4.81 Å². The minimum absolute atomic E-state index is 0.175. The lowest BCUT2D eigenvalue weighted by atomic mass is 9.43. The molecule has 26 heavy (non-hydrogen) atoms. The van der Waals surface area contributed by atoms with Gasteiger partial charge < -0.3 is 4.81 Å². The predicted octanol–water partition coefficient (Wildman–Crippen LogP) is 3.99. The predicted molar refractivity (Wildman–Crippen MR) is 109 cm³/mol. The van der Waals surface area contributed by atoms with Gasteiger partial charge in [-0.2, -0.15) is 0 Å². The Morgan fingerprint density at radius 3 is 1.88 bits per heavy atom. The number of nitrogens with zero attached hydrogens (tertiary/aromatic N) is 2. The van der Waals surface area contributed by atoms with E-state index in [2.05, 4.69) is 88.7 Å². The summed E-state index contributed by atoms with van der Waals surface area (Å²) in [5.74, 6) is 0. The molecular weight excluding hydrogens is 315 g/mol. The van der Waals surface area contributed by atoms with Gasteiger partial charge in [0.25, 0.3) is 0 Å². The summed E-state index contributed by atoms with van der Waals surface area (Å²) < 4.78 is 0. The first kappa shape index (κ1) is 13.9. The van der Waals surface area contributed by atoms with Crippen LogP contribution in [0.5, 0.6) is 0 Å². The van der Waals surface area contributed by atoms with Crippen LogP contribution in [-0.2, 0) is 0 Å². The van der Waals surface area contributed by atoms with E-state index in [1.54, 1.807) is 0 Å². The van der Waals surface area contributed by atoms with Gasteiger partial charge in [0.1, 0.15) is 0 Å². The zero-order valence-corrected chi connectivity index (χ0v) is 14.1. The number of anilines is 2. The van der Waals surface area contributed by atoms with Gasteiger partial charge >= 0.3 is 6.85 Å². The number of aromatic nitrogens is 1. The maximum Gasteiger partial charge on any atom is 0.329 e. The molecule has 6 rings (SSSR count). The summed E-state index contributed by atoms with van der Waals surface area (Å²) in [6.45, 7) is 0.175. The highest BCUT2D eigenvalue weighted by atomic mass is 15.1. The molecule has 0 amide bonds. The van der Waals surface area contributed by atoms with Gasteiger partial charge in [0.2, 0.25) is 0 Å². The van der Waals surface area contributed by atoms with Crippen molar-refractivity contribution >= 4 is 29.1 Å². The SMILES string of the molecule is c1ccc2c(c1)B1c3ccccc3-c3ccncc3N1c1ccccc1-2. The first-order chi connectivity index (χ1) is 12.9. The molecule has 120 valence electrons. The van der Waals surface area contributed by atoms with Gasteiger partial charge in [0.15, 0.2) is 0 Å². The second kappa shape index (κ2) is 5.09. The number of benzene rings is 3. The Kier molecular flexibility index (Phi) is 2.72. The van der Waals surface area contributed by atoms with E-state index in [0.717, 1.165) is 0 Å². The topological polar surface area (TPSA) is 16.1 Å². The van der Waals surface area contributed by atoms with Crippen LogP contribution in [0.3, 0.4) is 0 Å². The standard InChI is InChI=1S/C23H15BN2/c1-4-10-20-16(7-1)18-9-3-6-12-22(18)26-23-15-25-14-13-19(23)17-8-2-5-11-21(17)24(20)26/h1-15H. The van der Waals surface area contributed by atoms with Crippen LogP contribution in [0.1, 0.15) is 0 Å². The molecule has 3 aromatic carbocycles. The molecule has 0 unspecified atom stereocenters. The lowest BCUT2D eigenvalue weighted by molar-refractivity contribution is 1.26. The molecule has 0 saturated carbocycles.